The predicted octanol–water partition coefficient (Wildman–Crippen LogP) is 4.39. The van der Waals surface area contributed by atoms with Crippen molar-refractivity contribution in [3.8, 4) is 0 Å². The Morgan fingerprint density at radius 2 is 1.71 bits per heavy atom. The average Bonchev–Trinajstić information content (AvgIpc) is 2.36. The first-order chi connectivity index (χ1) is 9.88. The molecule has 0 atom stereocenters. The fraction of sp³-hybridized carbons (Fsp3) is 0.0769. The zero-order valence-electron chi connectivity index (χ0n) is 10.4. The van der Waals surface area contributed by atoms with Crippen LogP contribution in [0.2, 0.25) is 0 Å². The first-order valence-corrected chi connectivity index (χ1v) is 6.49. The normalized spacial score (nSPS) is 10.5. The summed E-state index contributed by atoms with van der Waals surface area (Å²) in [6.07, 6.45) is 0. The van der Waals surface area contributed by atoms with Gasteiger partial charge in [0.15, 0.2) is 0 Å². The monoisotopic (exact) mass is 360 g/mol. The molecule has 21 heavy (non-hydrogen) atoms. The molecule has 2 aromatic carbocycles. The Morgan fingerprint density at radius 3 is 2.24 bits per heavy atom. The Morgan fingerprint density at radius 1 is 1.10 bits per heavy atom. The molecule has 0 unspecified atom stereocenters. The van der Waals surface area contributed by atoms with Gasteiger partial charge in [-0.05, 0) is 23.8 Å². The molecule has 2 rings (SSSR count). The highest BCUT2D eigenvalue weighted by molar-refractivity contribution is 9.10. The van der Waals surface area contributed by atoms with E-state index in [1.165, 1.54) is 6.07 Å². The molecule has 0 aliphatic carbocycles. The van der Waals surface area contributed by atoms with Gasteiger partial charge in [0.2, 0.25) is 5.82 Å². The van der Waals surface area contributed by atoms with Crippen LogP contribution >= 0.6 is 15.9 Å². The van der Waals surface area contributed by atoms with Crippen molar-refractivity contribution in [3.63, 3.8) is 0 Å². The minimum atomic E-state index is -1.00. The van der Waals surface area contributed by atoms with E-state index in [0.717, 1.165) is 24.3 Å². The van der Waals surface area contributed by atoms with Crippen molar-refractivity contribution >= 4 is 27.3 Å². The summed E-state index contributed by atoms with van der Waals surface area (Å²) < 4.78 is 40.8. The molecule has 0 heterocycles. The topological polar surface area (TPSA) is 55.2 Å². The summed E-state index contributed by atoms with van der Waals surface area (Å²) in [5, 5.41) is 13.0. The maximum absolute atomic E-state index is 13.6. The molecule has 110 valence electrons. The second-order valence-corrected chi connectivity index (χ2v) is 5.06. The van der Waals surface area contributed by atoms with Gasteiger partial charge in [0.05, 0.1) is 4.92 Å². The van der Waals surface area contributed by atoms with Crippen LogP contribution in [0.1, 0.15) is 5.56 Å². The van der Waals surface area contributed by atoms with Gasteiger partial charge in [-0.2, -0.15) is 4.39 Å². The molecule has 8 heteroatoms. The van der Waals surface area contributed by atoms with Crippen LogP contribution in [-0.2, 0) is 6.54 Å². The molecular formula is C13H8BrF3N2O2. The third kappa shape index (κ3) is 3.52. The summed E-state index contributed by atoms with van der Waals surface area (Å²) in [6.45, 7) is -0.0790. The summed E-state index contributed by atoms with van der Waals surface area (Å²) in [4.78, 5) is 9.63. The number of nitrogens with zero attached hydrogens (tertiary/aromatic N) is 1. The highest BCUT2D eigenvalue weighted by Crippen LogP contribution is 2.25. The Hall–Kier alpha value is -2.09. The van der Waals surface area contributed by atoms with Crippen LogP contribution in [-0.4, -0.2) is 4.92 Å². The van der Waals surface area contributed by atoms with Crippen LogP contribution in [0.25, 0.3) is 0 Å². The van der Waals surface area contributed by atoms with Crippen molar-refractivity contribution in [1.29, 1.82) is 0 Å². The van der Waals surface area contributed by atoms with Crippen molar-refractivity contribution in [1.82, 2.24) is 0 Å². The Kier molecular flexibility index (Phi) is 4.46. The van der Waals surface area contributed by atoms with E-state index < -0.39 is 28.1 Å². The quantitative estimate of drug-likeness (QED) is 0.649. The summed E-state index contributed by atoms with van der Waals surface area (Å²) in [6, 6.07) is 5.42. The van der Waals surface area contributed by atoms with Crippen molar-refractivity contribution in [2.45, 2.75) is 6.54 Å². The van der Waals surface area contributed by atoms with Crippen LogP contribution in [0.15, 0.2) is 34.8 Å². The molecular weight excluding hydrogens is 353 g/mol. The molecule has 0 aromatic heterocycles. The first-order valence-electron chi connectivity index (χ1n) is 5.69. The third-order valence-corrected chi connectivity index (χ3v) is 3.14. The smallest absolute Gasteiger partial charge is 0.304 e. The second-order valence-electron chi connectivity index (χ2n) is 4.14. The van der Waals surface area contributed by atoms with Gasteiger partial charge in [0, 0.05) is 17.1 Å². The van der Waals surface area contributed by atoms with Crippen LogP contribution in [0.3, 0.4) is 0 Å². The molecule has 0 radical (unpaired) electrons. The van der Waals surface area contributed by atoms with E-state index >= 15 is 0 Å². The number of nitro groups is 1. The highest BCUT2D eigenvalue weighted by atomic mass is 79.9. The van der Waals surface area contributed by atoms with E-state index in [1.54, 1.807) is 0 Å². The number of nitrogens with one attached hydrogen (secondary N) is 1. The lowest BCUT2D eigenvalue weighted by Gasteiger charge is -2.09. The van der Waals surface area contributed by atoms with Crippen LogP contribution in [0.4, 0.5) is 24.5 Å². The predicted molar refractivity (Wildman–Crippen MR) is 74.4 cm³/mol. The van der Waals surface area contributed by atoms with Crippen LogP contribution < -0.4 is 5.32 Å². The maximum atomic E-state index is 13.6. The van der Waals surface area contributed by atoms with Crippen molar-refractivity contribution in [2.75, 3.05) is 5.32 Å². The molecule has 0 spiro atoms. The molecule has 0 saturated heterocycles. The second kappa shape index (κ2) is 6.13. The Balaban J connectivity index is 2.17. The van der Waals surface area contributed by atoms with E-state index in [-0.39, 0.29) is 16.7 Å². The molecule has 0 amide bonds. The summed E-state index contributed by atoms with van der Waals surface area (Å²) >= 11 is 2.95. The Bertz CT molecular complexity index is 687. The van der Waals surface area contributed by atoms with Crippen molar-refractivity contribution in [2.24, 2.45) is 0 Å². The number of hydrogen-bond donors (Lipinski definition) is 1. The van der Waals surface area contributed by atoms with Gasteiger partial charge in [-0.1, -0.05) is 22.0 Å². The average molecular weight is 361 g/mol. The Labute approximate surface area is 125 Å². The number of hydrogen-bond acceptors (Lipinski definition) is 3. The molecule has 4 nitrogen and oxygen atoms in total. The first kappa shape index (κ1) is 15.3. The number of nitro benzene ring substituents is 1. The third-order valence-electron chi connectivity index (χ3n) is 2.68. The molecule has 1 N–H and O–H groups in total. The van der Waals surface area contributed by atoms with Crippen LogP contribution in [0.5, 0.6) is 0 Å². The highest BCUT2D eigenvalue weighted by Gasteiger charge is 2.14. The summed E-state index contributed by atoms with van der Waals surface area (Å²) in [5.41, 5.74) is -0.684. The maximum Gasteiger partial charge on any atom is 0.304 e. The number of benzene rings is 2. The largest absolute Gasteiger partial charge is 0.376 e. The van der Waals surface area contributed by atoms with Gasteiger partial charge >= 0.3 is 5.69 Å². The van der Waals surface area contributed by atoms with E-state index in [9.17, 15) is 23.3 Å². The van der Waals surface area contributed by atoms with E-state index in [1.807, 2.05) is 0 Å². The molecule has 0 saturated carbocycles. The lowest BCUT2D eigenvalue weighted by atomic mass is 10.2. The van der Waals surface area contributed by atoms with Gasteiger partial charge in [-0.15, -0.1) is 0 Å². The summed E-state index contributed by atoms with van der Waals surface area (Å²) in [5.74, 6) is -2.61. The van der Waals surface area contributed by atoms with Gasteiger partial charge in [-0.25, -0.2) is 8.78 Å². The van der Waals surface area contributed by atoms with E-state index in [0.29, 0.717) is 5.56 Å². The lowest BCUT2D eigenvalue weighted by molar-refractivity contribution is -0.387. The van der Waals surface area contributed by atoms with Gasteiger partial charge in [0.25, 0.3) is 0 Å². The van der Waals surface area contributed by atoms with Gasteiger partial charge in [0.1, 0.15) is 17.3 Å². The fourth-order valence-electron chi connectivity index (χ4n) is 1.71. The van der Waals surface area contributed by atoms with Crippen LogP contribution in [0, 0.1) is 27.6 Å². The lowest BCUT2D eigenvalue weighted by Crippen LogP contribution is -2.05. The molecule has 0 aliphatic rings. The zero-order valence-corrected chi connectivity index (χ0v) is 12.0. The zero-order chi connectivity index (χ0) is 15.6. The minimum absolute atomic E-state index is 0.0790. The van der Waals surface area contributed by atoms with Crippen molar-refractivity contribution in [3.05, 3.63) is 67.9 Å². The van der Waals surface area contributed by atoms with Gasteiger partial charge < -0.3 is 5.32 Å². The molecule has 0 fully saturated rings. The number of anilines is 1. The minimum Gasteiger partial charge on any atom is -0.376 e. The number of rotatable bonds is 4. The number of halogens is 4. The van der Waals surface area contributed by atoms with Gasteiger partial charge in [-0.3, -0.25) is 10.1 Å². The van der Waals surface area contributed by atoms with Crippen molar-refractivity contribution < 1.29 is 18.1 Å². The fourth-order valence-corrected chi connectivity index (χ4v) is 2.11. The molecule has 0 bridgehead atoms. The molecule has 2 aromatic rings. The molecule has 0 aliphatic heterocycles. The van der Waals surface area contributed by atoms with E-state index in [2.05, 4.69) is 21.2 Å². The van der Waals surface area contributed by atoms with E-state index in [4.69, 9.17) is 0 Å². The standard InChI is InChI=1S/C13H8BrF3N2O2/c14-8-4-10(16)13(11(17)5-8)18-6-7-1-2-12(19(20)21)9(15)3-7/h1-5,18H,6H2. The summed E-state index contributed by atoms with van der Waals surface area (Å²) in [7, 11) is 0. The SMILES string of the molecule is O=[N+]([O-])c1ccc(CNc2c(F)cc(Br)cc2F)cc1F.